The quantitative estimate of drug-likeness (QED) is 0.519. The lowest BCUT2D eigenvalue weighted by Crippen LogP contribution is -2.19. The number of anilines is 2. The first kappa shape index (κ1) is 22.0. The minimum Gasteiger partial charge on any atom is -0.372 e. The van der Waals surface area contributed by atoms with Gasteiger partial charge < -0.3 is 16.0 Å². The standard InChI is InChI=1S/C21H19F2N5.C3H9N/c1-12-19-20(27-26-12)14-11-13(28-9-2-3-10-28)7-8-17(14)24-21(25-19)18-15(22)5-4-6-16(18)23;1-3(2)4/h4-8,11H,2-3,9-10H2,1H3,(H,24,25)(H,26,27);3H,4H2,1-2H3. The molecule has 2 aromatic carbocycles. The molecule has 3 aromatic rings. The van der Waals surface area contributed by atoms with Crippen LogP contribution in [0.4, 0.5) is 25.8 Å². The number of benzene rings is 2. The summed E-state index contributed by atoms with van der Waals surface area (Å²) in [5.74, 6) is -1.19. The molecule has 0 unspecified atom stereocenters. The van der Waals surface area contributed by atoms with Gasteiger partial charge in [0.15, 0.2) is 0 Å². The van der Waals surface area contributed by atoms with E-state index in [1.54, 1.807) is 0 Å². The topological polar surface area (TPSA) is 82.3 Å². The van der Waals surface area contributed by atoms with Gasteiger partial charge in [0.25, 0.3) is 0 Å². The number of aromatic nitrogens is 2. The number of H-pyrrole nitrogens is 1. The number of aryl methyl sites for hydroxylation is 1. The summed E-state index contributed by atoms with van der Waals surface area (Å²) in [5, 5.41) is 10.5. The third-order valence-corrected chi connectivity index (χ3v) is 5.32. The number of halogens is 2. The van der Waals surface area contributed by atoms with Crippen molar-refractivity contribution in [3.63, 3.8) is 0 Å². The van der Waals surface area contributed by atoms with Gasteiger partial charge in [-0.25, -0.2) is 13.8 Å². The lowest BCUT2D eigenvalue weighted by molar-refractivity contribution is 0.579. The third kappa shape index (κ3) is 4.36. The van der Waals surface area contributed by atoms with Gasteiger partial charge in [0.05, 0.1) is 11.3 Å². The van der Waals surface area contributed by atoms with E-state index in [1.165, 1.54) is 31.0 Å². The monoisotopic (exact) mass is 438 g/mol. The molecule has 1 fully saturated rings. The fourth-order valence-corrected chi connectivity index (χ4v) is 3.87. The number of nitrogens with two attached hydrogens (primary N) is 1. The van der Waals surface area contributed by atoms with Gasteiger partial charge in [0.2, 0.25) is 0 Å². The van der Waals surface area contributed by atoms with E-state index in [0.717, 1.165) is 35.7 Å². The predicted octanol–water partition coefficient (Wildman–Crippen LogP) is 5.12. The third-order valence-electron chi connectivity index (χ3n) is 5.32. The molecule has 0 radical (unpaired) electrons. The molecule has 0 spiro atoms. The SMILES string of the molecule is CC(C)N.Cc1[nH]nc2c1N=C(c1c(F)cccc1F)Nc1ccc(N3CCCC3)cc1-2. The maximum atomic E-state index is 14.4. The van der Waals surface area contributed by atoms with Crippen LogP contribution in [-0.2, 0) is 0 Å². The molecular formula is C24H28F2N6. The number of aromatic amines is 1. The van der Waals surface area contributed by atoms with Crippen LogP contribution in [0.2, 0.25) is 0 Å². The Morgan fingerprint density at radius 2 is 1.72 bits per heavy atom. The van der Waals surface area contributed by atoms with Crippen molar-refractivity contribution in [1.82, 2.24) is 10.2 Å². The second-order valence-corrected chi connectivity index (χ2v) is 8.40. The minimum atomic E-state index is -0.661. The van der Waals surface area contributed by atoms with Crippen molar-refractivity contribution < 1.29 is 8.78 Å². The van der Waals surface area contributed by atoms with E-state index >= 15 is 0 Å². The van der Waals surface area contributed by atoms with E-state index < -0.39 is 11.6 Å². The van der Waals surface area contributed by atoms with E-state index in [0.29, 0.717) is 17.4 Å². The summed E-state index contributed by atoms with van der Waals surface area (Å²) < 4.78 is 28.8. The number of aliphatic imine (C=N–C) groups is 1. The number of hydrogen-bond donors (Lipinski definition) is 3. The zero-order chi connectivity index (χ0) is 22.8. The van der Waals surface area contributed by atoms with Gasteiger partial charge in [-0.1, -0.05) is 19.9 Å². The van der Waals surface area contributed by atoms with Crippen molar-refractivity contribution in [2.45, 2.75) is 39.7 Å². The van der Waals surface area contributed by atoms with Gasteiger partial charge in [-0.3, -0.25) is 5.10 Å². The van der Waals surface area contributed by atoms with Crippen molar-refractivity contribution in [2.24, 2.45) is 10.7 Å². The summed E-state index contributed by atoms with van der Waals surface area (Å²) in [6, 6.07) is 10.2. The molecule has 0 saturated carbocycles. The van der Waals surface area contributed by atoms with Crippen LogP contribution >= 0.6 is 0 Å². The highest BCUT2D eigenvalue weighted by Gasteiger charge is 2.25. The van der Waals surface area contributed by atoms with Gasteiger partial charge in [-0.15, -0.1) is 0 Å². The van der Waals surface area contributed by atoms with Crippen LogP contribution in [0.5, 0.6) is 0 Å². The maximum absolute atomic E-state index is 14.4. The zero-order valence-corrected chi connectivity index (χ0v) is 18.5. The van der Waals surface area contributed by atoms with Gasteiger partial charge in [-0.2, -0.15) is 5.10 Å². The van der Waals surface area contributed by atoms with Crippen molar-refractivity contribution in [2.75, 3.05) is 23.3 Å². The van der Waals surface area contributed by atoms with Crippen molar-refractivity contribution in [1.29, 1.82) is 0 Å². The summed E-state index contributed by atoms with van der Waals surface area (Å²) in [6.07, 6.45) is 2.36. The lowest BCUT2D eigenvalue weighted by Gasteiger charge is -2.20. The molecule has 1 aromatic heterocycles. The summed E-state index contributed by atoms with van der Waals surface area (Å²) in [7, 11) is 0. The summed E-state index contributed by atoms with van der Waals surface area (Å²) in [4.78, 5) is 6.89. The number of fused-ring (bicyclic) bond motifs is 3. The molecule has 4 N–H and O–H groups in total. The van der Waals surface area contributed by atoms with Gasteiger partial charge in [0, 0.05) is 30.0 Å². The minimum absolute atomic E-state index is 0.133. The van der Waals surface area contributed by atoms with E-state index in [4.69, 9.17) is 5.73 Å². The molecule has 3 heterocycles. The number of amidine groups is 1. The van der Waals surface area contributed by atoms with Crippen LogP contribution in [0.3, 0.4) is 0 Å². The largest absolute Gasteiger partial charge is 0.372 e. The summed E-state index contributed by atoms with van der Waals surface area (Å²) >= 11 is 0. The molecule has 168 valence electrons. The highest BCUT2D eigenvalue weighted by atomic mass is 19.1. The van der Waals surface area contributed by atoms with Crippen LogP contribution < -0.4 is 16.0 Å². The second-order valence-electron chi connectivity index (χ2n) is 8.40. The molecule has 6 nitrogen and oxygen atoms in total. The fraction of sp³-hybridized carbons (Fsp3) is 0.333. The first-order valence-electron chi connectivity index (χ1n) is 10.8. The molecule has 32 heavy (non-hydrogen) atoms. The van der Waals surface area contributed by atoms with Crippen molar-refractivity contribution in [3.05, 3.63) is 59.3 Å². The van der Waals surface area contributed by atoms with Crippen molar-refractivity contribution >= 4 is 22.9 Å². The van der Waals surface area contributed by atoms with Crippen LogP contribution in [0.25, 0.3) is 11.3 Å². The molecule has 1 saturated heterocycles. The first-order chi connectivity index (χ1) is 15.3. The molecule has 0 bridgehead atoms. The van der Waals surface area contributed by atoms with E-state index in [2.05, 4.69) is 31.5 Å². The average molecular weight is 439 g/mol. The summed E-state index contributed by atoms with van der Waals surface area (Å²) in [5.41, 5.74) is 9.63. The highest BCUT2D eigenvalue weighted by Crippen LogP contribution is 2.41. The molecule has 0 amide bonds. The Bertz CT molecular complexity index is 1120. The Balaban J connectivity index is 0.000000567. The average Bonchev–Trinajstić information content (AvgIpc) is 3.35. The number of nitrogens with zero attached hydrogens (tertiary/aromatic N) is 3. The van der Waals surface area contributed by atoms with E-state index in [-0.39, 0.29) is 11.4 Å². The smallest absolute Gasteiger partial charge is 0.144 e. The lowest BCUT2D eigenvalue weighted by atomic mass is 10.1. The maximum Gasteiger partial charge on any atom is 0.144 e. The molecule has 5 rings (SSSR count). The molecule has 0 aliphatic carbocycles. The fourth-order valence-electron chi connectivity index (χ4n) is 3.87. The van der Waals surface area contributed by atoms with Gasteiger partial charge in [-0.05, 0) is 56.1 Å². The Morgan fingerprint density at radius 1 is 1.06 bits per heavy atom. The molecule has 8 heteroatoms. The Morgan fingerprint density at radius 3 is 2.38 bits per heavy atom. The number of hydrogen-bond acceptors (Lipinski definition) is 5. The van der Waals surface area contributed by atoms with Gasteiger partial charge >= 0.3 is 0 Å². The Kier molecular flexibility index (Phi) is 6.23. The number of rotatable bonds is 2. The van der Waals surface area contributed by atoms with Crippen LogP contribution in [0, 0.1) is 18.6 Å². The first-order valence-corrected chi connectivity index (χ1v) is 10.8. The normalized spacial score (nSPS) is 14.7. The summed E-state index contributed by atoms with van der Waals surface area (Å²) in [6.45, 7) is 7.79. The van der Waals surface area contributed by atoms with E-state index in [1.807, 2.05) is 32.9 Å². The second kappa shape index (κ2) is 9.08. The highest BCUT2D eigenvalue weighted by molar-refractivity contribution is 6.13. The van der Waals surface area contributed by atoms with Crippen LogP contribution in [-0.4, -0.2) is 35.2 Å². The Labute approximate surface area is 186 Å². The molecule has 2 aliphatic heterocycles. The van der Waals surface area contributed by atoms with Crippen LogP contribution in [0.1, 0.15) is 37.9 Å². The van der Waals surface area contributed by atoms with Crippen LogP contribution in [0.15, 0.2) is 41.4 Å². The zero-order valence-electron chi connectivity index (χ0n) is 18.5. The van der Waals surface area contributed by atoms with E-state index in [9.17, 15) is 8.78 Å². The molecule has 0 atom stereocenters. The van der Waals surface area contributed by atoms with Gasteiger partial charge in [0.1, 0.15) is 28.9 Å². The van der Waals surface area contributed by atoms with Crippen molar-refractivity contribution in [3.8, 4) is 11.3 Å². The number of nitrogens with one attached hydrogen (secondary N) is 2. The Hall–Kier alpha value is -3.26. The predicted molar refractivity (Wildman–Crippen MR) is 126 cm³/mol. The molecular weight excluding hydrogens is 410 g/mol. The molecule has 2 aliphatic rings.